The van der Waals surface area contributed by atoms with Crippen molar-refractivity contribution in [3.63, 3.8) is 0 Å². The first-order valence-corrected chi connectivity index (χ1v) is 8.57. The molecule has 0 radical (unpaired) electrons. The number of imidazole rings is 1. The van der Waals surface area contributed by atoms with Crippen LogP contribution in [-0.2, 0) is 6.54 Å². The van der Waals surface area contributed by atoms with Crippen molar-refractivity contribution in [1.82, 2.24) is 14.9 Å². The minimum Gasteiger partial charge on any atom is -0.370 e. The van der Waals surface area contributed by atoms with Gasteiger partial charge in [-0.3, -0.25) is 0 Å². The maximum atomic E-state index is 12.1. The topological polar surface area (TPSA) is 62.2 Å². The summed E-state index contributed by atoms with van der Waals surface area (Å²) in [4.78, 5) is 18.4. The third-order valence-electron chi connectivity index (χ3n) is 4.07. The number of amides is 2. The molecule has 1 aliphatic heterocycles. The highest BCUT2D eigenvalue weighted by Crippen LogP contribution is 2.31. The summed E-state index contributed by atoms with van der Waals surface area (Å²) in [7, 11) is 0. The van der Waals surface area contributed by atoms with Gasteiger partial charge in [0.1, 0.15) is 0 Å². The van der Waals surface area contributed by atoms with Gasteiger partial charge in [-0.15, -0.1) is 0 Å². The number of carbonyl (C=O) groups excluding carboxylic acids is 1. The first kappa shape index (κ1) is 16.6. The van der Waals surface area contributed by atoms with Crippen molar-refractivity contribution in [3.05, 3.63) is 41.9 Å². The van der Waals surface area contributed by atoms with Crippen LogP contribution in [0.4, 0.5) is 16.2 Å². The van der Waals surface area contributed by atoms with E-state index < -0.39 is 0 Å². The molecule has 3 rings (SSSR count). The fourth-order valence-electron chi connectivity index (χ4n) is 2.95. The number of hydrogen-bond acceptors (Lipinski definition) is 3. The van der Waals surface area contributed by atoms with E-state index in [9.17, 15) is 4.79 Å². The smallest absolute Gasteiger partial charge is 0.319 e. The van der Waals surface area contributed by atoms with E-state index in [4.69, 9.17) is 11.6 Å². The largest absolute Gasteiger partial charge is 0.370 e. The van der Waals surface area contributed by atoms with Crippen molar-refractivity contribution < 1.29 is 4.79 Å². The molecule has 0 aliphatic carbocycles. The summed E-state index contributed by atoms with van der Waals surface area (Å²) in [6.07, 6.45) is 7.72. The van der Waals surface area contributed by atoms with Gasteiger partial charge >= 0.3 is 6.03 Å². The van der Waals surface area contributed by atoms with Gasteiger partial charge in [-0.05, 0) is 38.0 Å². The molecule has 1 atom stereocenters. The lowest BCUT2D eigenvalue weighted by atomic mass is 10.2. The number of carbonyl (C=O) groups is 1. The molecule has 2 N–H and O–H groups in total. The van der Waals surface area contributed by atoms with Crippen LogP contribution in [0.5, 0.6) is 0 Å². The van der Waals surface area contributed by atoms with Gasteiger partial charge in [-0.2, -0.15) is 0 Å². The summed E-state index contributed by atoms with van der Waals surface area (Å²) in [5, 5.41) is 6.40. The normalized spacial score (nSPS) is 15.3. The van der Waals surface area contributed by atoms with Gasteiger partial charge in [-0.1, -0.05) is 11.6 Å². The third-order valence-corrected chi connectivity index (χ3v) is 4.38. The molecule has 1 saturated heterocycles. The zero-order valence-electron chi connectivity index (χ0n) is 13.7. The number of halogens is 1. The second kappa shape index (κ2) is 7.57. The molecule has 2 amide bonds. The minimum atomic E-state index is -0.243. The Bertz CT molecular complexity index is 682. The summed E-state index contributed by atoms with van der Waals surface area (Å²) in [5.74, 6) is 0. The maximum Gasteiger partial charge on any atom is 0.319 e. The van der Waals surface area contributed by atoms with Gasteiger partial charge in [-0.25, -0.2) is 9.78 Å². The van der Waals surface area contributed by atoms with Crippen LogP contribution >= 0.6 is 11.6 Å². The summed E-state index contributed by atoms with van der Waals surface area (Å²) in [6.45, 7) is 4.70. The summed E-state index contributed by atoms with van der Waals surface area (Å²) < 4.78 is 1.92. The summed E-state index contributed by atoms with van der Waals surface area (Å²) in [5.41, 5.74) is 1.73. The zero-order chi connectivity index (χ0) is 16.9. The Morgan fingerprint density at radius 1 is 1.38 bits per heavy atom. The van der Waals surface area contributed by atoms with Crippen LogP contribution in [-0.4, -0.2) is 34.7 Å². The Labute approximate surface area is 146 Å². The van der Waals surface area contributed by atoms with Crippen LogP contribution < -0.4 is 15.5 Å². The monoisotopic (exact) mass is 347 g/mol. The average Bonchev–Trinajstić information content (AvgIpc) is 3.20. The lowest BCUT2D eigenvalue weighted by Gasteiger charge is -2.20. The van der Waals surface area contributed by atoms with Crippen molar-refractivity contribution in [1.29, 1.82) is 0 Å². The first-order valence-electron chi connectivity index (χ1n) is 8.19. The Morgan fingerprint density at radius 2 is 2.17 bits per heavy atom. The standard InChI is InChI=1S/C17H22ClN5O/c1-13(11-22-9-6-19-12-22)20-17(24)21-14-4-5-16(15(18)10-14)23-7-2-3-8-23/h4-6,9-10,12-13H,2-3,7-8,11H2,1H3,(H2,20,21,24). The molecule has 7 heteroatoms. The first-order chi connectivity index (χ1) is 11.6. The highest BCUT2D eigenvalue weighted by molar-refractivity contribution is 6.33. The molecule has 1 fully saturated rings. The minimum absolute atomic E-state index is 0.0152. The molecule has 6 nitrogen and oxygen atoms in total. The third kappa shape index (κ3) is 4.20. The molecule has 0 spiro atoms. The predicted octanol–water partition coefficient (Wildman–Crippen LogP) is 3.35. The lowest BCUT2D eigenvalue weighted by Crippen LogP contribution is -2.38. The van der Waals surface area contributed by atoms with Crippen LogP contribution in [0.25, 0.3) is 0 Å². The number of aromatic nitrogens is 2. The molecule has 1 aliphatic rings. The Balaban J connectivity index is 1.55. The van der Waals surface area contributed by atoms with Crippen LogP contribution in [0, 0.1) is 0 Å². The molecular weight excluding hydrogens is 326 g/mol. The molecule has 0 bridgehead atoms. The second-order valence-electron chi connectivity index (χ2n) is 6.12. The Hall–Kier alpha value is -2.21. The van der Waals surface area contributed by atoms with Crippen molar-refractivity contribution in [2.45, 2.75) is 32.4 Å². The number of nitrogens with one attached hydrogen (secondary N) is 2. The van der Waals surface area contributed by atoms with Gasteiger partial charge in [0, 0.05) is 43.8 Å². The molecule has 1 unspecified atom stereocenters. The van der Waals surface area contributed by atoms with E-state index in [0.717, 1.165) is 18.8 Å². The lowest BCUT2D eigenvalue weighted by molar-refractivity contribution is 0.248. The van der Waals surface area contributed by atoms with E-state index in [2.05, 4.69) is 20.5 Å². The Kier molecular flexibility index (Phi) is 5.25. The van der Waals surface area contributed by atoms with Crippen molar-refractivity contribution in [3.8, 4) is 0 Å². The molecule has 2 heterocycles. The van der Waals surface area contributed by atoms with Crippen LogP contribution in [0.2, 0.25) is 5.02 Å². The van der Waals surface area contributed by atoms with E-state index in [1.807, 2.05) is 29.8 Å². The van der Waals surface area contributed by atoms with Gasteiger partial charge in [0.05, 0.1) is 17.0 Å². The zero-order valence-corrected chi connectivity index (χ0v) is 14.5. The number of benzene rings is 1. The number of nitrogens with zero attached hydrogens (tertiary/aromatic N) is 3. The Morgan fingerprint density at radius 3 is 2.83 bits per heavy atom. The molecule has 0 saturated carbocycles. The van der Waals surface area contributed by atoms with E-state index in [1.165, 1.54) is 12.8 Å². The second-order valence-corrected chi connectivity index (χ2v) is 6.53. The van der Waals surface area contributed by atoms with Gasteiger partial charge < -0.3 is 20.1 Å². The fourth-order valence-corrected chi connectivity index (χ4v) is 3.25. The summed E-state index contributed by atoms with van der Waals surface area (Å²) in [6, 6.07) is 5.40. The van der Waals surface area contributed by atoms with Crippen LogP contribution in [0.15, 0.2) is 36.9 Å². The molecule has 1 aromatic carbocycles. The number of anilines is 2. The molecule has 1 aromatic heterocycles. The van der Waals surface area contributed by atoms with E-state index >= 15 is 0 Å². The predicted molar refractivity (Wildman–Crippen MR) is 96.7 cm³/mol. The van der Waals surface area contributed by atoms with Crippen molar-refractivity contribution >= 4 is 29.0 Å². The van der Waals surface area contributed by atoms with Gasteiger partial charge in [0.15, 0.2) is 0 Å². The highest BCUT2D eigenvalue weighted by atomic mass is 35.5. The quantitative estimate of drug-likeness (QED) is 0.871. The van der Waals surface area contributed by atoms with Gasteiger partial charge in [0.2, 0.25) is 0 Å². The number of hydrogen-bond donors (Lipinski definition) is 2. The van der Waals surface area contributed by atoms with E-state index in [1.54, 1.807) is 18.6 Å². The fraction of sp³-hybridized carbons (Fsp3) is 0.412. The number of rotatable bonds is 5. The summed E-state index contributed by atoms with van der Waals surface area (Å²) >= 11 is 6.37. The average molecular weight is 348 g/mol. The molecular formula is C17H22ClN5O. The molecule has 128 valence electrons. The number of urea groups is 1. The van der Waals surface area contributed by atoms with Crippen LogP contribution in [0.1, 0.15) is 19.8 Å². The molecule has 2 aromatic rings. The highest BCUT2D eigenvalue weighted by Gasteiger charge is 2.16. The maximum absolute atomic E-state index is 12.1. The van der Waals surface area contributed by atoms with Gasteiger partial charge in [0.25, 0.3) is 0 Å². The SMILES string of the molecule is CC(Cn1ccnc1)NC(=O)Nc1ccc(N2CCCC2)c(Cl)c1. The van der Waals surface area contributed by atoms with E-state index in [-0.39, 0.29) is 12.1 Å². The molecule has 24 heavy (non-hydrogen) atoms. The van der Waals surface area contributed by atoms with Crippen molar-refractivity contribution in [2.75, 3.05) is 23.3 Å². The van der Waals surface area contributed by atoms with E-state index in [0.29, 0.717) is 17.3 Å². The van der Waals surface area contributed by atoms with Crippen molar-refractivity contribution in [2.24, 2.45) is 0 Å². The van der Waals surface area contributed by atoms with Crippen LogP contribution in [0.3, 0.4) is 0 Å².